The standard InChI is InChI=1S/C14H20FN3O/c1-10(2)14(9-19-3)8-17-13(16)18(14)12-6-4-5-11(15)7-12/h4-7,10H,8-9H2,1-3H3,(H2,16,17). The summed E-state index contributed by atoms with van der Waals surface area (Å²) in [5.41, 5.74) is 6.36. The summed E-state index contributed by atoms with van der Waals surface area (Å²) in [6.45, 7) is 5.24. The highest BCUT2D eigenvalue weighted by atomic mass is 19.1. The second kappa shape index (κ2) is 5.17. The zero-order valence-corrected chi connectivity index (χ0v) is 11.6. The zero-order valence-electron chi connectivity index (χ0n) is 11.6. The van der Waals surface area contributed by atoms with Crippen molar-refractivity contribution in [3.05, 3.63) is 30.1 Å². The fourth-order valence-corrected chi connectivity index (χ4v) is 2.56. The van der Waals surface area contributed by atoms with E-state index < -0.39 is 0 Å². The van der Waals surface area contributed by atoms with Crippen LogP contribution in [0.4, 0.5) is 10.1 Å². The van der Waals surface area contributed by atoms with Gasteiger partial charge in [0.15, 0.2) is 5.96 Å². The number of hydrogen-bond acceptors (Lipinski definition) is 4. The van der Waals surface area contributed by atoms with Gasteiger partial charge in [0, 0.05) is 12.8 Å². The third-order valence-electron chi connectivity index (χ3n) is 3.72. The number of ether oxygens (including phenoxy) is 1. The number of nitrogens with two attached hydrogens (primary N) is 1. The molecule has 0 amide bonds. The van der Waals surface area contributed by atoms with Crippen molar-refractivity contribution in [2.45, 2.75) is 19.4 Å². The Morgan fingerprint density at radius 1 is 1.53 bits per heavy atom. The summed E-state index contributed by atoms with van der Waals surface area (Å²) in [6, 6.07) is 6.40. The number of nitrogens with zero attached hydrogens (tertiary/aromatic N) is 2. The van der Waals surface area contributed by atoms with Crippen molar-refractivity contribution in [3.63, 3.8) is 0 Å². The molecule has 0 aromatic heterocycles. The van der Waals surface area contributed by atoms with Gasteiger partial charge in [-0.2, -0.15) is 0 Å². The van der Waals surface area contributed by atoms with Crippen LogP contribution in [0.25, 0.3) is 0 Å². The van der Waals surface area contributed by atoms with Gasteiger partial charge in [0.25, 0.3) is 0 Å². The minimum atomic E-state index is -0.355. The highest BCUT2D eigenvalue weighted by molar-refractivity contribution is 5.98. The van der Waals surface area contributed by atoms with Gasteiger partial charge in [0.2, 0.25) is 0 Å². The summed E-state index contributed by atoms with van der Waals surface area (Å²) < 4.78 is 18.8. The van der Waals surface area contributed by atoms with Crippen LogP contribution in [0.3, 0.4) is 0 Å². The molecule has 0 fully saturated rings. The number of guanidine groups is 1. The highest BCUT2D eigenvalue weighted by Crippen LogP contribution is 2.35. The number of rotatable bonds is 4. The van der Waals surface area contributed by atoms with E-state index in [0.717, 1.165) is 0 Å². The molecule has 0 spiro atoms. The molecule has 0 aliphatic carbocycles. The van der Waals surface area contributed by atoms with E-state index in [1.807, 2.05) is 11.0 Å². The second-order valence-corrected chi connectivity index (χ2v) is 5.18. The molecular weight excluding hydrogens is 245 g/mol. The summed E-state index contributed by atoms with van der Waals surface area (Å²) in [4.78, 5) is 6.23. The lowest BCUT2D eigenvalue weighted by molar-refractivity contribution is 0.115. The molecule has 4 nitrogen and oxygen atoms in total. The van der Waals surface area contributed by atoms with Crippen molar-refractivity contribution in [1.82, 2.24) is 0 Å². The van der Waals surface area contributed by atoms with E-state index in [-0.39, 0.29) is 17.3 Å². The minimum absolute atomic E-state index is 0.264. The van der Waals surface area contributed by atoms with Crippen molar-refractivity contribution in [2.24, 2.45) is 16.6 Å². The van der Waals surface area contributed by atoms with Crippen molar-refractivity contribution < 1.29 is 9.13 Å². The molecule has 1 atom stereocenters. The van der Waals surface area contributed by atoms with Gasteiger partial charge in [0.05, 0.1) is 18.7 Å². The van der Waals surface area contributed by atoms with Crippen LogP contribution in [0.1, 0.15) is 13.8 Å². The molecule has 1 aromatic carbocycles. The van der Waals surface area contributed by atoms with Gasteiger partial charge in [-0.1, -0.05) is 19.9 Å². The fraction of sp³-hybridized carbons (Fsp3) is 0.500. The Labute approximate surface area is 113 Å². The van der Waals surface area contributed by atoms with Gasteiger partial charge in [0.1, 0.15) is 5.82 Å². The quantitative estimate of drug-likeness (QED) is 0.906. The van der Waals surface area contributed by atoms with Crippen molar-refractivity contribution >= 4 is 11.6 Å². The van der Waals surface area contributed by atoms with E-state index in [0.29, 0.717) is 24.8 Å². The lowest BCUT2D eigenvalue weighted by Crippen LogP contribution is -2.58. The first kappa shape index (κ1) is 13.8. The first-order valence-electron chi connectivity index (χ1n) is 6.36. The van der Waals surface area contributed by atoms with Crippen LogP contribution in [0.2, 0.25) is 0 Å². The minimum Gasteiger partial charge on any atom is -0.382 e. The molecule has 1 aliphatic heterocycles. The van der Waals surface area contributed by atoms with Crippen molar-refractivity contribution in [3.8, 4) is 0 Å². The fourth-order valence-electron chi connectivity index (χ4n) is 2.56. The molecule has 0 bridgehead atoms. The average molecular weight is 265 g/mol. The normalized spacial score (nSPS) is 23.0. The zero-order chi connectivity index (χ0) is 14.0. The van der Waals surface area contributed by atoms with Crippen LogP contribution < -0.4 is 10.6 Å². The monoisotopic (exact) mass is 265 g/mol. The first-order chi connectivity index (χ1) is 9.01. The summed E-state index contributed by atoms with van der Waals surface area (Å²) in [7, 11) is 1.66. The molecule has 0 saturated heterocycles. The van der Waals surface area contributed by atoms with Gasteiger partial charge in [-0.05, 0) is 24.1 Å². The number of anilines is 1. The number of hydrogen-bond donors (Lipinski definition) is 1. The molecule has 1 aromatic rings. The maximum atomic E-state index is 13.4. The third-order valence-corrected chi connectivity index (χ3v) is 3.72. The maximum Gasteiger partial charge on any atom is 0.196 e. The third kappa shape index (κ3) is 2.30. The molecule has 19 heavy (non-hydrogen) atoms. The van der Waals surface area contributed by atoms with Gasteiger partial charge in [-0.15, -0.1) is 0 Å². The molecule has 2 rings (SSSR count). The van der Waals surface area contributed by atoms with Gasteiger partial charge in [-0.25, -0.2) is 4.39 Å². The average Bonchev–Trinajstić information content (AvgIpc) is 2.68. The van der Waals surface area contributed by atoms with E-state index in [1.165, 1.54) is 12.1 Å². The summed E-state index contributed by atoms with van der Waals surface area (Å²) in [6.07, 6.45) is 0. The summed E-state index contributed by atoms with van der Waals surface area (Å²) in [5.74, 6) is 0.393. The molecule has 104 valence electrons. The number of aliphatic imine (C=N–C) groups is 1. The Balaban J connectivity index is 2.46. The Morgan fingerprint density at radius 2 is 2.26 bits per heavy atom. The predicted octanol–water partition coefficient (Wildman–Crippen LogP) is 2.00. The Kier molecular flexibility index (Phi) is 3.75. The molecule has 5 heteroatoms. The SMILES string of the molecule is COCC1(C(C)C)CN=C(N)N1c1cccc(F)c1. The molecule has 1 unspecified atom stereocenters. The Hall–Kier alpha value is -1.62. The van der Waals surface area contributed by atoms with Gasteiger partial charge in [-0.3, -0.25) is 4.99 Å². The molecule has 1 heterocycles. The summed E-state index contributed by atoms with van der Waals surface area (Å²) >= 11 is 0. The van der Waals surface area contributed by atoms with Crippen LogP contribution >= 0.6 is 0 Å². The second-order valence-electron chi connectivity index (χ2n) is 5.18. The van der Waals surface area contributed by atoms with Crippen molar-refractivity contribution in [2.75, 3.05) is 25.2 Å². The summed E-state index contributed by atoms with van der Waals surface area (Å²) in [5, 5.41) is 0. The van der Waals surface area contributed by atoms with E-state index >= 15 is 0 Å². The van der Waals surface area contributed by atoms with E-state index in [1.54, 1.807) is 13.2 Å². The Bertz CT molecular complexity index is 489. The van der Waals surface area contributed by atoms with Gasteiger partial charge >= 0.3 is 0 Å². The Morgan fingerprint density at radius 3 is 2.84 bits per heavy atom. The van der Waals surface area contributed by atoms with E-state index in [4.69, 9.17) is 10.5 Å². The van der Waals surface area contributed by atoms with Crippen LogP contribution in [-0.4, -0.2) is 31.8 Å². The van der Waals surface area contributed by atoms with E-state index in [2.05, 4.69) is 18.8 Å². The smallest absolute Gasteiger partial charge is 0.196 e. The lowest BCUT2D eigenvalue weighted by Gasteiger charge is -2.41. The molecule has 0 saturated carbocycles. The molecule has 1 aliphatic rings. The lowest BCUT2D eigenvalue weighted by atomic mass is 9.85. The number of halogens is 1. The van der Waals surface area contributed by atoms with Crippen molar-refractivity contribution in [1.29, 1.82) is 0 Å². The van der Waals surface area contributed by atoms with Crippen LogP contribution in [-0.2, 0) is 4.74 Å². The predicted molar refractivity (Wildman–Crippen MR) is 74.8 cm³/mol. The molecule has 0 radical (unpaired) electrons. The highest BCUT2D eigenvalue weighted by Gasteiger charge is 2.45. The maximum absolute atomic E-state index is 13.4. The number of methoxy groups -OCH3 is 1. The van der Waals surface area contributed by atoms with Crippen LogP contribution in [0.15, 0.2) is 29.3 Å². The largest absolute Gasteiger partial charge is 0.382 e. The molecule has 2 N–H and O–H groups in total. The number of benzene rings is 1. The van der Waals surface area contributed by atoms with Gasteiger partial charge < -0.3 is 15.4 Å². The van der Waals surface area contributed by atoms with Crippen LogP contribution in [0, 0.1) is 11.7 Å². The molecular formula is C14H20FN3O. The first-order valence-corrected chi connectivity index (χ1v) is 6.36. The topological polar surface area (TPSA) is 50.9 Å². The van der Waals surface area contributed by atoms with Crippen LogP contribution in [0.5, 0.6) is 0 Å². The van der Waals surface area contributed by atoms with E-state index in [9.17, 15) is 4.39 Å².